The molecule has 0 amide bonds. The second-order valence-electron chi connectivity index (χ2n) is 10.6. The standard InChI is InChI=1S/C29H33FN2O4/c1-29(2,3)15-26-28(24-13-21(35-4)10-11-25(24)30)31-16-20(32-26)17-36-22-7-5-6-19(12-22)23(14-27(33)34)18-8-9-18/h5-7,10-13,16,18,23H,8-9,14-15,17H2,1-4H3,(H,33,34)/t23-/m0/s1. The number of carbonyl (C=O) groups is 1. The molecule has 0 saturated heterocycles. The third kappa shape index (κ3) is 6.59. The van der Waals surface area contributed by atoms with Crippen molar-refractivity contribution >= 4 is 5.97 Å². The maximum Gasteiger partial charge on any atom is 0.303 e. The van der Waals surface area contributed by atoms with E-state index in [-0.39, 0.29) is 30.2 Å². The smallest absolute Gasteiger partial charge is 0.303 e. The summed E-state index contributed by atoms with van der Waals surface area (Å²) in [5.41, 5.74) is 3.07. The number of hydrogen-bond donors (Lipinski definition) is 1. The summed E-state index contributed by atoms with van der Waals surface area (Å²) in [6.07, 6.45) is 4.47. The lowest BCUT2D eigenvalue weighted by Gasteiger charge is -2.20. The van der Waals surface area contributed by atoms with Crippen LogP contribution in [-0.2, 0) is 17.8 Å². The minimum absolute atomic E-state index is 0.00118. The van der Waals surface area contributed by atoms with E-state index in [4.69, 9.17) is 14.5 Å². The highest BCUT2D eigenvalue weighted by Crippen LogP contribution is 2.45. The van der Waals surface area contributed by atoms with Gasteiger partial charge in [0.25, 0.3) is 0 Å². The predicted molar refractivity (Wildman–Crippen MR) is 136 cm³/mol. The van der Waals surface area contributed by atoms with Crippen molar-refractivity contribution in [3.05, 3.63) is 71.4 Å². The molecule has 0 bridgehead atoms. The zero-order chi connectivity index (χ0) is 25.9. The van der Waals surface area contributed by atoms with Gasteiger partial charge < -0.3 is 14.6 Å². The second kappa shape index (κ2) is 10.6. The van der Waals surface area contributed by atoms with Crippen molar-refractivity contribution in [3.8, 4) is 22.8 Å². The molecule has 1 aliphatic carbocycles. The molecular weight excluding hydrogens is 459 g/mol. The molecule has 1 aliphatic rings. The number of ether oxygens (including phenoxy) is 2. The van der Waals surface area contributed by atoms with E-state index in [0.29, 0.717) is 46.5 Å². The Morgan fingerprint density at radius 3 is 2.61 bits per heavy atom. The quantitative estimate of drug-likeness (QED) is 0.351. The molecule has 0 radical (unpaired) electrons. The molecule has 2 aromatic carbocycles. The van der Waals surface area contributed by atoms with Crippen LogP contribution in [0.5, 0.6) is 11.5 Å². The Kier molecular flexibility index (Phi) is 7.57. The summed E-state index contributed by atoms with van der Waals surface area (Å²) in [7, 11) is 1.54. The first-order chi connectivity index (χ1) is 17.1. The average molecular weight is 493 g/mol. The first-order valence-corrected chi connectivity index (χ1v) is 12.3. The van der Waals surface area contributed by atoms with Crippen LogP contribution in [0.3, 0.4) is 0 Å². The van der Waals surface area contributed by atoms with Gasteiger partial charge in [-0.05, 0) is 72.4 Å². The topological polar surface area (TPSA) is 81.5 Å². The van der Waals surface area contributed by atoms with Crippen molar-refractivity contribution in [2.45, 2.75) is 59.0 Å². The van der Waals surface area contributed by atoms with E-state index in [1.54, 1.807) is 25.4 Å². The lowest BCUT2D eigenvalue weighted by molar-refractivity contribution is -0.137. The summed E-state index contributed by atoms with van der Waals surface area (Å²) in [5.74, 6) is 0.466. The van der Waals surface area contributed by atoms with E-state index in [1.165, 1.54) is 6.07 Å². The zero-order valence-electron chi connectivity index (χ0n) is 21.3. The van der Waals surface area contributed by atoms with Crippen LogP contribution in [0, 0.1) is 17.2 Å². The molecule has 190 valence electrons. The van der Waals surface area contributed by atoms with E-state index >= 15 is 0 Å². The summed E-state index contributed by atoms with van der Waals surface area (Å²) in [6, 6.07) is 12.2. The molecular formula is C29H33FN2O4. The fourth-order valence-corrected chi connectivity index (χ4v) is 4.44. The number of methoxy groups -OCH3 is 1. The molecule has 1 N–H and O–H groups in total. The van der Waals surface area contributed by atoms with Gasteiger partial charge in [0.1, 0.15) is 23.9 Å². The molecule has 1 aromatic heterocycles. The first-order valence-electron chi connectivity index (χ1n) is 12.3. The minimum Gasteiger partial charge on any atom is -0.497 e. The number of halogens is 1. The average Bonchev–Trinajstić information content (AvgIpc) is 3.66. The van der Waals surface area contributed by atoms with Crippen LogP contribution >= 0.6 is 0 Å². The molecule has 36 heavy (non-hydrogen) atoms. The number of carboxylic acid groups (broad SMARTS) is 1. The first kappa shape index (κ1) is 25.6. The zero-order valence-corrected chi connectivity index (χ0v) is 21.3. The Bertz CT molecular complexity index is 1230. The maximum absolute atomic E-state index is 14.7. The van der Waals surface area contributed by atoms with Gasteiger partial charge in [-0.15, -0.1) is 0 Å². The maximum atomic E-state index is 14.7. The van der Waals surface area contributed by atoms with Crippen molar-refractivity contribution in [3.63, 3.8) is 0 Å². The predicted octanol–water partition coefficient (Wildman–Crippen LogP) is 6.43. The van der Waals surface area contributed by atoms with Gasteiger partial charge in [0.15, 0.2) is 0 Å². The number of aliphatic carboxylic acids is 1. The third-order valence-corrected chi connectivity index (χ3v) is 6.28. The number of benzene rings is 2. The molecule has 1 fully saturated rings. The van der Waals surface area contributed by atoms with Gasteiger partial charge >= 0.3 is 5.97 Å². The fraction of sp³-hybridized carbons (Fsp3) is 0.414. The summed E-state index contributed by atoms with van der Waals surface area (Å²) in [5, 5.41) is 9.32. The van der Waals surface area contributed by atoms with Crippen molar-refractivity contribution in [2.75, 3.05) is 7.11 Å². The van der Waals surface area contributed by atoms with Gasteiger partial charge in [-0.2, -0.15) is 0 Å². The highest BCUT2D eigenvalue weighted by atomic mass is 19.1. The van der Waals surface area contributed by atoms with Crippen molar-refractivity contribution in [1.29, 1.82) is 0 Å². The molecule has 4 rings (SSSR count). The van der Waals surface area contributed by atoms with E-state index in [9.17, 15) is 14.3 Å². The Morgan fingerprint density at radius 2 is 1.94 bits per heavy atom. The number of carboxylic acids is 1. The SMILES string of the molecule is COc1ccc(F)c(-c2ncc(COc3cccc([C@@H](CC(=O)O)C4CC4)c3)nc2CC(C)(C)C)c1. The summed E-state index contributed by atoms with van der Waals surface area (Å²) < 4.78 is 26.1. The van der Waals surface area contributed by atoms with Crippen molar-refractivity contribution < 1.29 is 23.8 Å². The lowest BCUT2D eigenvalue weighted by Crippen LogP contribution is -2.14. The van der Waals surface area contributed by atoms with Crippen LogP contribution < -0.4 is 9.47 Å². The molecule has 1 heterocycles. The largest absolute Gasteiger partial charge is 0.497 e. The van der Waals surface area contributed by atoms with E-state index in [0.717, 1.165) is 18.4 Å². The third-order valence-electron chi connectivity index (χ3n) is 6.28. The van der Waals surface area contributed by atoms with Crippen LogP contribution in [-0.4, -0.2) is 28.2 Å². The number of rotatable bonds is 10. The van der Waals surface area contributed by atoms with Crippen LogP contribution in [0.15, 0.2) is 48.7 Å². The van der Waals surface area contributed by atoms with E-state index in [2.05, 4.69) is 25.8 Å². The monoisotopic (exact) mass is 492 g/mol. The molecule has 0 unspecified atom stereocenters. The normalized spacial score (nSPS) is 14.4. The number of nitrogens with zero attached hydrogens (tertiary/aromatic N) is 2. The van der Waals surface area contributed by atoms with Gasteiger partial charge in [-0.3, -0.25) is 14.8 Å². The van der Waals surface area contributed by atoms with E-state index < -0.39 is 5.97 Å². The molecule has 3 aromatic rings. The minimum atomic E-state index is -0.785. The highest BCUT2D eigenvalue weighted by Gasteiger charge is 2.33. The fourth-order valence-electron chi connectivity index (χ4n) is 4.44. The van der Waals surface area contributed by atoms with Crippen LogP contribution in [0.25, 0.3) is 11.3 Å². The van der Waals surface area contributed by atoms with E-state index in [1.807, 2.05) is 24.3 Å². The van der Waals surface area contributed by atoms with Crippen LogP contribution in [0.4, 0.5) is 4.39 Å². The summed E-state index contributed by atoms with van der Waals surface area (Å²) in [4.78, 5) is 20.7. The summed E-state index contributed by atoms with van der Waals surface area (Å²) >= 11 is 0. The van der Waals surface area contributed by atoms with Gasteiger partial charge in [-0.1, -0.05) is 32.9 Å². The van der Waals surface area contributed by atoms with Gasteiger partial charge in [0, 0.05) is 5.56 Å². The molecule has 1 atom stereocenters. The van der Waals surface area contributed by atoms with Crippen molar-refractivity contribution in [2.24, 2.45) is 11.3 Å². The highest BCUT2D eigenvalue weighted by molar-refractivity contribution is 5.68. The Hall–Kier alpha value is -3.48. The molecule has 0 aliphatic heterocycles. The van der Waals surface area contributed by atoms with Gasteiger partial charge in [-0.25, -0.2) is 4.39 Å². The van der Waals surface area contributed by atoms with Gasteiger partial charge in [0.05, 0.1) is 36.8 Å². The molecule has 6 nitrogen and oxygen atoms in total. The Balaban J connectivity index is 1.57. The molecule has 1 saturated carbocycles. The Labute approximate surface area is 211 Å². The lowest BCUT2D eigenvalue weighted by atomic mass is 9.88. The summed E-state index contributed by atoms with van der Waals surface area (Å²) in [6.45, 7) is 6.49. The second-order valence-corrected chi connectivity index (χ2v) is 10.6. The Morgan fingerprint density at radius 1 is 1.17 bits per heavy atom. The number of aromatic nitrogens is 2. The van der Waals surface area contributed by atoms with Crippen molar-refractivity contribution in [1.82, 2.24) is 9.97 Å². The number of hydrogen-bond acceptors (Lipinski definition) is 5. The van der Waals surface area contributed by atoms with Gasteiger partial charge in [0.2, 0.25) is 0 Å². The molecule has 0 spiro atoms. The van der Waals surface area contributed by atoms with Crippen LogP contribution in [0.2, 0.25) is 0 Å². The molecule has 7 heteroatoms. The van der Waals surface area contributed by atoms with Crippen LogP contribution in [0.1, 0.15) is 62.9 Å².